The number of morpholine rings is 1. The van der Waals surface area contributed by atoms with Crippen molar-refractivity contribution in [2.75, 3.05) is 39.5 Å². The minimum absolute atomic E-state index is 0.0339. The minimum atomic E-state index is -5.04. The fourth-order valence-electron chi connectivity index (χ4n) is 5.02. The first-order valence-electron chi connectivity index (χ1n) is 12.8. The van der Waals surface area contributed by atoms with E-state index in [9.17, 15) is 35.9 Å². The van der Waals surface area contributed by atoms with Crippen molar-refractivity contribution in [2.24, 2.45) is 0 Å². The third-order valence-corrected chi connectivity index (χ3v) is 7.06. The highest BCUT2D eigenvalue weighted by molar-refractivity contribution is 5.66. The maximum atomic E-state index is 14.2. The molecule has 14 heteroatoms. The highest BCUT2D eigenvalue weighted by atomic mass is 19.4. The molecule has 1 fully saturated rings. The van der Waals surface area contributed by atoms with Gasteiger partial charge in [0, 0.05) is 36.9 Å². The van der Waals surface area contributed by atoms with E-state index in [1.165, 1.54) is 18.2 Å². The van der Waals surface area contributed by atoms with E-state index in [0.717, 1.165) is 12.1 Å². The molecule has 0 radical (unpaired) electrons. The van der Waals surface area contributed by atoms with Crippen LogP contribution in [0.2, 0.25) is 0 Å². The molecule has 2 aromatic rings. The Bertz CT molecular complexity index is 1270. The fourth-order valence-corrected chi connectivity index (χ4v) is 5.02. The van der Waals surface area contributed by atoms with Gasteiger partial charge in [0.1, 0.15) is 5.82 Å². The van der Waals surface area contributed by atoms with Crippen molar-refractivity contribution in [2.45, 2.75) is 31.0 Å². The molecule has 0 spiro atoms. The van der Waals surface area contributed by atoms with Crippen LogP contribution in [0.25, 0.3) is 5.70 Å². The van der Waals surface area contributed by atoms with Crippen LogP contribution in [0.15, 0.2) is 60.0 Å². The topological polar surface area (TPSA) is 72.1 Å². The average molecular weight is 588 g/mol. The Labute approximate surface area is 230 Å². The van der Waals surface area contributed by atoms with Gasteiger partial charge < -0.3 is 25.1 Å². The van der Waals surface area contributed by atoms with Gasteiger partial charge in [-0.1, -0.05) is 12.1 Å². The van der Waals surface area contributed by atoms with Crippen LogP contribution >= 0.6 is 0 Å². The number of nitrogens with zero attached hydrogens (tertiary/aromatic N) is 2. The van der Waals surface area contributed by atoms with E-state index < -0.39 is 48.0 Å². The second kappa shape index (κ2) is 11.5. The summed E-state index contributed by atoms with van der Waals surface area (Å²) >= 11 is 0. The van der Waals surface area contributed by atoms with Crippen molar-refractivity contribution < 1.29 is 40.2 Å². The smallest absolute Gasteiger partial charge is 0.416 e. The van der Waals surface area contributed by atoms with Gasteiger partial charge in [-0.3, -0.25) is 10.2 Å². The standard InChI is InChI=1S/C27H26F7N4O3/c28-20-3-1-17(2-4-20)22-13-24(37-5-7-40-8-6-37)41-25-21(14-35-15-36-25)23(38(22)39)11-16-9-18(26(29,30)31)12-19(10-16)27(32,33)34/h1-4,9-10,12-13,23-24,35-36H,5-8,11,14-15H2/q-1/b22-13-. The third kappa shape index (κ3) is 6.61. The Balaban J connectivity index is 1.61. The van der Waals surface area contributed by atoms with E-state index in [2.05, 4.69) is 10.6 Å². The molecule has 2 aromatic carbocycles. The van der Waals surface area contributed by atoms with E-state index in [1.54, 1.807) is 0 Å². The zero-order valence-electron chi connectivity index (χ0n) is 21.5. The van der Waals surface area contributed by atoms with E-state index in [4.69, 9.17) is 9.47 Å². The molecule has 0 bridgehead atoms. The molecule has 2 unspecified atom stereocenters. The summed E-state index contributed by atoms with van der Waals surface area (Å²) in [4.78, 5) is 1.93. The molecule has 3 heterocycles. The van der Waals surface area contributed by atoms with Crippen molar-refractivity contribution in [3.05, 3.63) is 93.3 Å². The number of ether oxygens (including phenoxy) is 2. The minimum Gasteiger partial charge on any atom is -0.758 e. The molecular weight excluding hydrogens is 561 g/mol. The van der Waals surface area contributed by atoms with E-state index in [-0.39, 0.29) is 36.4 Å². The number of rotatable bonds is 4. The highest BCUT2D eigenvalue weighted by Crippen LogP contribution is 2.38. The number of alkyl halides is 6. The lowest BCUT2D eigenvalue weighted by atomic mass is 9.93. The summed E-state index contributed by atoms with van der Waals surface area (Å²) in [7, 11) is 0. The zero-order chi connectivity index (χ0) is 29.4. The van der Waals surface area contributed by atoms with Gasteiger partial charge in [-0.05, 0) is 54.0 Å². The molecule has 3 aliphatic rings. The number of hydrogen-bond donors (Lipinski definition) is 2. The first kappa shape index (κ1) is 29.2. The molecule has 0 aliphatic carbocycles. The number of halogens is 7. The second-order valence-corrected chi connectivity index (χ2v) is 9.81. The van der Waals surface area contributed by atoms with Gasteiger partial charge >= 0.3 is 12.4 Å². The van der Waals surface area contributed by atoms with Gasteiger partial charge in [0.15, 0.2) is 12.1 Å². The molecule has 7 nitrogen and oxygen atoms in total. The second-order valence-electron chi connectivity index (χ2n) is 9.81. The Hall–Kier alpha value is -3.33. The Kier molecular flexibility index (Phi) is 8.19. The van der Waals surface area contributed by atoms with Crippen molar-refractivity contribution in [1.29, 1.82) is 0 Å². The number of benzene rings is 2. The van der Waals surface area contributed by atoms with Crippen LogP contribution in [0, 0.1) is 11.0 Å². The molecule has 5 rings (SSSR count). The summed E-state index contributed by atoms with van der Waals surface area (Å²) in [6.45, 7) is 2.14. The Morgan fingerprint density at radius 1 is 0.927 bits per heavy atom. The summed E-state index contributed by atoms with van der Waals surface area (Å²) in [5, 5.41) is 20.7. The first-order valence-corrected chi connectivity index (χ1v) is 12.8. The van der Waals surface area contributed by atoms with E-state index >= 15 is 0 Å². The van der Waals surface area contributed by atoms with Gasteiger partial charge in [0.25, 0.3) is 0 Å². The maximum Gasteiger partial charge on any atom is 0.416 e. The predicted octanol–water partition coefficient (Wildman–Crippen LogP) is 4.67. The van der Waals surface area contributed by atoms with Gasteiger partial charge in [-0.15, -0.1) is 0 Å². The Morgan fingerprint density at radius 3 is 2.17 bits per heavy atom. The van der Waals surface area contributed by atoms with Crippen LogP contribution in [0.4, 0.5) is 30.7 Å². The van der Waals surface area contributed by atoms with Crippen LogP contribution in [0.3, 0.4) is 0 Å². The molecule has 0 amide bonds. The number of hydrogen-bond acceptors (Lipinski definition) is 7. The highest BCUT2D eigenvalue weighted by Gasteiger charge is 2.38. The van der Waals surface area contributed by atoms with E-state index in [0.29, 0.717) is 54.6 Å². The SMILES string of the molecule is [O-]N1/C(c2ccc(F)cc2)=C\C(N2CCOCC2)OC2=C(CNCN2)C1Cc1cc(C(F)(F)F)cc(C(F)(F)F)c1. The van der Waals surface area contributed by atoms with Gasteiger partial charge in [0.2, 0.25) is 0 Å². The van der Waals surface area contributed by atoms with E-state index in [1.807, 2.05) is 4.90 Å². The lowest BCUT2D eigenvalue weighted by molar-refractivity contribution is -0.143. The molecule has 222 valence electrons. The molecule has 41 heavy (non-hydrogen) atoms. The fraction of sp³-hybridized carbons (Fsp3) is 0.407. The molecular formula is C27H26F7N4O3-. The van der Waals surface area contributed by atoms with Crippen molar-refractivity contribution >= 4 is 5.70 Å². The predicted molar refractivity (Wildman–Crippen MR) is 134 cm³/mol. The van der Waals surface area contributed by atoms with Crippen LogP contribution < -0.4 is 10.6 Å². The average Bonchev–Trinajstić information content (AvgIpc) is 2.93. The van der Waals surface area contributed by atoms with Crippen molar-refractivity contribution in [1.82, 2.24) is 20.6 Å². The first-order chi connectivity index (χ1) is 19.4. The maximum absolute atomic E-state index is 14.2. The molecule has 1 saturated heterocycles. The molecule has 0 saturated carbocycles. The quantitative estimate of drug-likeness (QED) is 0.505. The van der Waals surface area contributed by atoms with Crippen LogP contribution in [-0.4, -0.2) is 61.7 Å². The molecule has 2 atom stereocenters. The van der Waals surface area contributed by atoms with Crippen LogP contribution in [-0.2, 0) is 28.2 Å². The number of hydroxylamine groups is 2. The zero-order valence-corrected chi connectivity index (χ0v) is 21.5. The van der Waals surface area contributed by atoms with Gasteiger partial charge in [-0.2, -0.15) is 26.3 Å². The lowest BCUT2D eigenvalue weighted by Gasteiger charge is -2.47. The Morgan fingerprint density at radius 2 is 1.56 bits per heavy atom. The lowest BCUT2D eigenvalue weighted by Crippen LogP contribution is -2.50. The van der Waals surface area contributed by atoms with Gasteiger partial charge in [-0.25, -0.2) is 4.39 Å². The molecule has 3 aliphatic heterocycles. The van der Waals surface area contributed by atoms with Gasteiger partial charge in [0.05, 0.1) is 31.0 Å². The van der Waals surface area contributed by atoms with Crippen molar-refractivity contribution in [3.8, 4) is 0 Å². The summed E-state index contributed by atoms with van der Waals surface area (Å²) in [5.74, 6) is -0.340. The summed E-state index contributed by atoms with van der Waals surface area (Å²) in [5.41, 5.74) is -2.63. The molecule has 0 aromatic heterocycles. The normalized spacial score (nSPS) is 24.0. The molecule has 2 N–H and O–H groups in total. The summed E-state index contributed by atoms with van der Waals surface area (Å²) in [6, 6.07) is 5.06. The third-order valence-electron chi connectivity index (χ3n) is 7.06. The van der Waals surface area contributed by atoms with Crippen LogP contribution in [0.1, 0.15) is 22.3 Å². The summed E-state index contributed by atoms with van der Waals surface area (Å²) in [6.07, 6.45) is -9.82. The largest absolute Gasteiger partial charge is 0.758 e. The van der Waals surface area contributed by atoms with Crippen LogP contribution in [0.5, 0.6) is 0 Å². The number of nitrogens with one attached hydrogen (secondary N) is 2. The summed E-state index contributed by atoms with van der Waals surface area (Å²) < 4.78 is 107. The monoisotopic (exact) mass is 587 g/mol. The van der Waals surface area contributed by atoms with Crippen molar-refractivity contribution in [3.63, 3.8) is 0 Å².